The number of aliphatic hydroxyl groups is 1. The van der Waals surface area contributed by atoms with Crippen molar-refractivity contribution in [3.8, 4) is 5.75 Å². The lowest BCUT2D eigenvalue weighted by Crippen LogP contribution is -2.52. The average molecular weight is 507 g/mol. The molecule has 0 aliphatic heterocycles. The van der Waals surface area contributed by atoms with Crippen LogP contribution in [0.25, 0.3) is 0 Å². The van der Waals surface area contributed by atoms with Crippen LogP contribution in [-0.4, -0.2) is 69.6 Å². The Balaban J connectivity index is 2.18. The Morgan fingerprint density at radius 3 is 2.43 bits per heavy atom. The Hall–Kier alpha value is -1.97. The second kappa shape index (κ2) is 15.9. The Labute approximate surface area is 211 Å². The highest BCUT2D eigenvalue weighted by atomic mass is 32.2. The van der Waals surface area contributed by atoms with Crippen molar-refractivity contribution in [1.29, 1.82) is 0 Å². The number of aliphatic hydroxyl groups excluding tert-OH is 1. The molecule has 2 aromatic carbocycles. The first kappa shape index (κ1) is 29.3. The van der Waals surface area contributed by atoms with Crippen LogP contribution in [0.4, 0.5) is 0 Å². The molecule has 196 valence electrons. The molecule has 35 heavy (non-hydrogen) atoms. The number of methoxy groups -OCH3 is 2. The third kappa shape index (κ3) is 10.3. The standard InChI is InChI=1S/C27H42N2O5S/c1-4-18-35(31,32)29(16-9-6-10-17-33-2)26(20-23-12-7-5-8-13-23)27(30)22-28-21-24-14-11-15-25(19-24)34-3/h5,7-8,11-15,19,26-28,30H,4,6,9-10,16-18,20-22H2,1-3H3/t26-,27+/m0/s1. The number of nitrogens with one attached hydrogen (secondary N) is 1. The number of benzene rings is 2. The topological polar surface area (TPSA) is 88.1 Å². The molecule has 0 heterocycles. The van der Waals surface area contributed by atoms with Crippen LogP contribution in [0.2, 0.25) is 0 Å². The van der Waals surface area contributed by atoms with Crippen molar-refractivity contribution in [2.24, 2.45) is 0 Å². The predicted molar refractivity (Wildman–Crippen MR) is 141 cm³/mol. The number of unbranched alkanes of at least 4 members (excludes halogenated alkanes) is 2. The van der Waals surface area contributed by atoms with Gasteiger partial charge in [-0.15, -0.1) is 0 Å². The van der Waals surface area contributed by atoms with Crippen molar-refractivity contribution in [3.05, 3.63) is 65.7 Å². The van der Waals surface area contributed by atoms with Gasteiger partial charge in [-0.2, -0.15) is 4.31 Å². The summed E-state index contributed by atoms with van der Waals surface area (Å²) >= 11 is 0. The van der Waals surface area contributed by atoms with E-state index in [0.29, 0.717) is 32.5 Å². The van der Waals surface area contributed by atoms with E-state index in [4.69, 9.17) is 9.47 Å². The van der Waals surface area contributed by atoms with Gasteiger partial charge in [0, 0.05) is 33.4 Å². The average Bonchev–Trinajstić information content (AvgIpc) is 2.85. The van der Waals surface area contributed by atoms with E-state index < -0.39 is 22.2 Å². The van der Waals surface area contributed by atoms with Gasteiger partial charge in [-0.25, -0.2) is 8.42 Å². The lowest BCUT2D eigenvalue weighted by atomic mass is 10.0. The molecule has 0 fully saturated rings. The van der Waals surface area contributed by atoms with E-state index >= 15 is 0 Å². The molecular formula is C27H42N2O5S. The van der Waals surface area contributed by atoms with E-state index in [1.807, 2.05) is 61.5 Å². The highest BCUT2D eigenvalue weighted by Gasteiger charge is 2.33. The molecule has 2 atom stereocenters. The summed E-state index contributed by atoms with van der Waals surface area (Å²) in [6.07, 6.45) is 2.59. The molecule has 0 aliphatic carbocycles. The second-order valence-electron chi connectivity index (χ2n) is 8.79. The molecule has 0 saturated carbocycles. The molecule has 8 heteroatoms. The zero-order chi connectivity index (χ0) is 25.5. The summed E-state index contributed by atoms with van der Waals surface area (Å²) in [5, 5.41) is 14.6. The summed E-state index contributed by atoms with van der Waals surface area (Å²) in [6, 6.07) is 17.0. The predicted octanol–water partition coefficient (Wildman–Crippen LogP) is 3.62. The minimum atomic E-state index is -3.52. The summed E-state index contributed by atoms with van der Waals surface area (Å²) < 4.78 is 38.6. The minimum absolute atomic E-state index is 0.0698. The molecule has 2 aromatic rings. The molecule has 0 aromatic heterocycles. The monoisotopic (exact) mass is 506 g/mol. The van der Waals surface area contributed by atoms with E-state index in [-0.39, 0.29) is 12.3 Å². The van der Waals surface area contributed by atoms with Crippen LogP contribution in [0.3, 0.4) is 0 Å². The van der Waals surface area contributed by atoms with Gasteiger partial charge in [0.2, 0.25) is 10.0 Å². The fourth-order valence-corrected chi connectivity index (χ4v) is 5.93. The largest absolute Gasteiger partial charge is 0.497 e. The molecular weight excluding hydrogens is 464 g/mol. The summed E-state index contributed by atoms with van der Waals surface area (Å²) in [7, 11) is -0.218. The van der Waals surface area contributed by atoms with Crippen LogP contribution in [-0.2, 0) is 27.7 Å². The molecule has 0 amide bonds. The van der Waals surface area contributed by atoms with E-state index in [2.05, 4.69) is 5.32 Å². The van der Waals surface area contributed by atoms with Gasteiger partial charge in [0.1, 0.15) is 5.75 Å². The quantitative estimate of drug-likeness (QED) is 0.300. The van der Waals surface area contributed by atoms with E-state index in [1.54, 1.807) is 18.5 Å². The Morgan fingerprint density at radius 2 is 1.74 bits per heavy atom. The van der Waals surface area contributed by atoms with Crippen LogP contribution in [0, 0.1) is 0 Å². The zero-order valence-electron chi connectivity index (χ0n) is 21.4. The van der Waals surface area contributed by atoms with Gasteiger partial charge in [-0.1, -0.05) is 49.4 Å². The molecule has 7 nitrogen and oxygen atoms in total. The number of ether oxygens (including phenoxy) is 2. The van der Waals surface area contributed by atoms with Crippen LogP contribution in [0.1, 0.15) is 43.7 Å². The van der Waals surface area contributed by atoms with Gasteiger partial charge in [0.05, 0.1) is 25.0 Å². The minimum Gasteiger partial charge on any atom is -0.497 e. The molecule has 0 bridgehead atoms. The lowest BCUT2D eigenvalue weighted by Gasteiger charge is -2.34. The summed E-state index contributed by atoms with van der Waals surface area (Å²) in [5.41, 5.74) is 2.03. The summed E-state index contributed by atoms with van der Waals surface area (Å²) in [6.45, 7) is 3.73. The number of nitrogens with zero attached hydrogens (tertiary/aromatic N) is 1. The highest BCUT2D eigenvalue weighted by Crippen LogP contribution is 2.20. The van der Waals surface area contributed by atoms with Crippen LogP contribution in [0.15, 0.2) is 54.6 Å². The van der Waals surface area contributed by atoms with Crippen LogP contribution >= 0.6 is 0 Å². The molecule has 0 saturated heterocycles. The maximum atomic E-state index is 13.3. The van der Waals surface area contributed by atoms with Crippen LogP contribution < -0.4 is 10.1 Å². The molecule has 0 spiro atoms. The smallest absolute Gasteiger partial charge is 0.214 e. The normalized spacial score (nSPS) is 13.6. The molecule has 0 aliphatic rings. The first-order valence-corrected chi connectivity index (χ1v) is 14.1. The van der Waals surface area contributed by atoms with E-state index in [0.717, 1.165) is 36.1 Å². The molecule has 0 radical (unpaired) electrons. The van der Waals surface area contributed by atoms with Crippen LogP contribution in [0.5, 0.6) is 5.75 Å². The van der Waals surface area contributed by atoms with Crippen molar-refractivity contribution in [3.63, 3.8) is 0 Å². The van der Waals surface area contributed by atoms with Crippen molar-refractivity contribution in [2.75, 3.05) is 39.7 Å². The molecule has 2 N–H and O–H groups in total. The third-order valence-corrected chi connectivity index (χ3v) is 8.06. The van der Waals surface area contributed by atoms with Crippen molar-refractivity contribution in [1.82, 2.24) is 9.62 Å². The lowest BCUT2D eigenvalue weighted by molar-refractivity contribution is 0.0867. The van der Waals surface area contributed by atoms with Gasteiger partial charge >= 0.3 is 0 Å². The fraction of sp³-hybridized carbons (Fsp3) is 0.556. The van der Waals surface area contributed by atoms with Crippen molar-refractivity contribution >= 4 is 10.0 Å². The fourth-order valence-electron chi connectivity index (χ4n) is 4.15. The Bertz CT molecular complexity index is 940. The summed E-state index contributed by atoms with van der Waals surface area (Å²) in [4.78, 5) is 0. The van der Waals surface area contributed by atoms with Crippen molar-refractivity contribution < 1.29 is 23.0 Å². The number of rotatable bonds is 18. The SMILES string of the molecule is CCCS(=O)(=O)N(CCCCCOC)[C@@H](Cc1ccccc1)[C@H](O)CNCc1cccc(OC)c1. The van der Waals surface area contributed by atoms with E-state index in [9.17, 15) is 13.5 Å². The molecule has 0 unspecified atom stereocenters. The zero-order valence-corrected chi connectivity index (χ0v) is 22.2. The summed E-state index contributed by atoms with van der Waals surface area (Å²) in [5.74, 6) is 0.845. The first-order chi connectivity index (χ1) is 16.9. The Kier molecular flexibility index (Phi) is 13.3. The maximum Gasteiger partial charge on any atom is 0.214 e. The number of sulfonamides is 1. The van der Waals surface area contributed by atoms with Gasteiger partial charge in [0.15, 0.2) is 0 Å². The number of hydrogen-bond acceptors (Lipinski definition) is 6. The van der Waals surface area contributed by atoms with Gasteiger partial charge in [-0.05, 0) is 55.4 Å². The van der Waals surface area contributed by atoms with E-state index in [1.165, 1.54) is 0 Å². The van der Waals surface area contributed by atoms with Gasteiger partial charge in [0.25, 0.3) is 0 Å². The van der Waals surface area contributed by atoms with Gasteiger partial charge < -0.3 is 19.9 Å². The highest BCUT2D eigenvalue weighted by molar-refractivity contribution is 7.89. The number of hydrogen-bond donors (Lipinski definition) is 2. The third-order valence-electron chi connectivity index (χ3n) is 5.96. The molecule has 2 rings (SSSR count). The van der Waals surface area contributed by atoms with Gasteiger partial charge in [-0.3, -0.25) is 0 Å². The maximum absolute atomic E-state index is 13.3. The first-order valence-electron chi connectivity index (χ1n) is 12.4. The Morgan fingerprint density at radius 1 is 1.00 bits per heavy atom. The van der Waals surface area contributed by atoms with Crippen molar-refractivity contribution in [2.45, 2.75) is 57.7 Å². The second-order valence-corrected chi connectivity index (χ2v) is 10.8.